The summed E-state index contributed by atoms with van der Waals surface area (Å²) in [6.45, 7) is 12.6. The molecule has 2 saturated heterocycles. The average Bonchev–Trinajstić information content (AvgIpc) is 2.52. The van der Waals surface area contributed by atoms with Gasteiger partial charge in [0, 0.05) is 18.6 Å². The Bertz CT molecular complexity index is 569. The number of nitrogens with zero attached hydrogens (tertiary/aromatic N) is 1. The van der Waals surface area contributed by atoms with Crippen LogP contribution in [-0.4, -0.2) is 42.6 Å². The molecule has 2 aliphatic rings. The number of hydrogen-bond donors (Lipinski definition) is 1. The van der Waals surface area contributed by atoms with Crippen LogP contribution in [0.2, 0.25) is 18.1 Å². The van der Waals surface area contributed by atoms with Crippen molar-refractivity contribution in [3.8, 4) is 0 Å². The largest absolute Gasteiger partial charge is 0.412 e. The molecule has 0 spiro atoms. The average molecular weight is 362 g/mol. The molecule has 2 aliphatic heterocycles. The second-order valence-electron chi connectivity index (χ2n) is 9.43. The summed E-state index contributed by atoms with van der Waals surface area (Å²) in [5, 5.41) is 10.8. The standard InChI is InChI=1S/C21H35NO2Si/c1-21(2,3)25(4,5)24-20-14-12-17-19(23)13-11-18(20)22(17)15-16-9-7-6-8-10-16/h6-10,17-20,23H,11-15H2,1-5H3/t17-,18-,19-,20-/m1/s1. The van der Waals surface area contributed by atoms with Crippen LogP contribution in [0.1, 0.15) is 52.0 Å². The van der Waals surface area contributed by atoms with Gasteiger partial charge in [-0.15, -0.1) is 0 Å². The molecular weight excluding hydrogens is 326 g/mol. The van der Waals surface area contributed by atoms with Gasteiger partial charge in [0.15, 0.2) is 8.32 Å². The molecule has 1 N–H and O–H groups in total. The van der Waals surface area contributed by atoms with Crippen molar-refractivity contribution in [2.45, 2.75) is 95.4 Å². The first kappa shape index (κ1) is 19.1. The summed E-state index contributed by atoms with van der Waals surface area (Å²) in [7, 11) is -1.78. The molecule has 0 saturated carbocycles. The van der Waals surface area contributed by atoms with Gasteiger partial charge in [0.1, 0.15) is 0 Å². The van der Waals surface area contributed by atoms with E-state index in [1.807, 2.05) is 0 Å². The van der Waals surface area contributed by atoms with Gasteiger partial charge in [0.05, 0.1) is 12.2 Å². The van der Waals surface area contributed by atoms with E-state index in [4.69, 9.17) is 4.43 Å². The van der Waals surface area contributed by atoms with E-state index in [2.05, 4.69) is 69.1 Å². The van der Waals surface area contributed by atoms with Gasteiger partial charge < -0.3 is 9.53 Å². The van der Waals surface area contributed by atoms with Gasteiger partial charge in [-0.25, -0.2) is 0 Å². The van der Waals surface area contributed by atoms with Crippen molar-refractivity contribution in [3.05, 3.63) is 35.9 Å². The first-order valence-electron chi connectivity index (χ1n) is 9.84. The molecule has 1 aromatic rings. The zero-order valence-corrected chi connectivity index (χ0v) is 17.5. The Morgan fingerprint density at radius 2 is 1.68 bits per heavy atom. The molecule has 0 aliphatic carbocycles. The minimum Gasteiger partial charge on any atom is -0.412 e. The fraction of sp³-hybridized carbons (Fsp3) is 0.714. The molecule has 0 amide bonds. The van der Waals surface area contributed by atoms with Gasteiger partial charge in [-0.2, -0.15) is 0 Å². The van der Waals surface area contributed by atoms with E-state index in [-0.39, 0.29) is 11.1 Å². The Balaban J connectivity index is 1.79. The van der Waals surface area contributed by atoms with Crippen LogP contribution >= 0.6 is 0 Å². The quantitative estimate of drug-likeness (QED) is 0.798. The third-order valence-electron chi connectivity index (χ3n) is 6.69. The van der Waals surface area contributed by atoms with E-state index < -0.39 is 8.32 Å². The molecular formula is C21H35NO2Si. The number of hydrogen-bond acceptors (Lipinski definition) is 3. The first-order chi connectivity index (χ1) is 11.7. The maximum Gasteiger partial charge on any atom is 0.192 e. The monoisotopic (exact) mass is 361 g/mol. The molecule has 1 aromatic carbocycles. The van der Waals surface area contributed by atoms with Gasteiger partial charge in [-0.05, 0) is 49.4 Å². The summed E-state index contributed by atoms with van der Waals surface area (Å²) in [5.41, 5.74) is 1.33. The maximum atomic E-state index is 10.5. The molecule has 140 valence electrons. The van der Waals surface area contributed by atoms with E-state index in [1.54, 1.807) is 0 Å². The lowest BCUT2D eigenvalue weighted by Crippen LogP contribution is -2.62. The molecule has 2 bridgehead atoms. The number of piperidine rings is 2. The lowest BCUT2D eigenvalue weighted by Gasteiger charge is -2.54. The summed E-state index contributed by atoms with van der Waals surface area (Å²) in [6, 6.07) is 11.4. The number of rotatable bonds is 4. The van der Waals surface area contributed by atoms with Crippen molar-refractivity contribution >= 4 is 8.32 Å². The molecule has 25 heavy (non-hydrogen) atoms. The van der Waals surface area contributed by atoms with E-state index in [0.29, 0.717) is 18.2 Å². The topological polar surface area (TPSA) is 32.7 Å². The zero-order chi connectivity index (χ0) is 18.2. The third kappa shape index (κ3) is 4.02. The SMILES string of the molecule is CC(C)(C)[Si](C)(C)O[C@@H]1CC[C@@H]2[C@H](O)CC[C@H]1N2Cc1ccccc1. The minimum atomic E-state index is -1.78. The predicted molar refractivity (Wildman–Crippen MR) is 106 cm³/mol. The molecule has 0 aromatic heterocycles. The van der Waals surface area contributed by atoms with E-state index in [0.717, 1.165) is 32.2 Å². The Kier molecular flexibility index (Phi) is 5.46. The summed E-state index contributed by atoms with van der Waals surface area (Å²) in [4.78, 5) is 2.55. The van der Waals surface area contributed by atoms with Crippen molar-refractivity contribution in [2.24, 2.45) is 0 Å². The summed E-state index contributed by atoms with van der Waals surface area (Å²) < 4.78 is 6.85. The fourth-order valence-corrected chi connectivity index (χ4v) is 5.56. The smallest absolute Gasteiger partial charge is 0.192 e. The van der Waals surface area contributed by atoms with Crippen LogP contribution in [0.4, 0.5) is 0 Å². The van der Waals surface area contributed by atoms with E-state index >= 15 is 0 Å². The normalized spacial score (nSPS) is 31.1. The third-order valence-corrected chi connectivity index (χ3v) is 11.2. The van der Waals surface area contributed by atoms with Gasteiger partial charge in [-0.1, -0.05) is 51.1 Å². The summed E-state index contributed by atoms with van der Waals surface area (Å²) in [5.74, 6) is 0. The molecule has 0 radical (unpaired) electrons. The van der Waals surface area contributed by atoms with Crippen LogP contribution in [0.3, 0.4) is 0 Å². The second-order valence-corrected chi connectivity index (χ2v) is 14.2. The Hall–Kier alpha value is -0.683. The second kappa shape index (κ2) is 7.14. The van der Waals surface area contributed by atoms with Crippen LogP contribution in [0.15, 0.2) is 30.3 Å². The first-order valence-corrected chi connectivity index (χ1v) is 12.8. The highest BCUT2D eigenvalue weighted by atomic mass is 28.4. The molecule has 4 heteroatoms. The van der Waals surface area contributed by atoms with Crippen molar-refractivity contribution in [2.75, 3.05) is 0 Å². The highest BCUT2D eigenvalue weighted by molar-refractivity contribution is 6.74. The molecule has 2 heterocycles. The molecule has 2 fully saturated rings. The lowest BCUT2D eigenvalue weighted by atomic mass is 9.81. The Labute approximate surface area is 154 Å². The highest BCUT2D eigenvalue weighted by Crippen LogP contribution is 2.42. The van der Waals surface area contributed by atoms with Crippen LogP contribution in [0, 0.1) is 0 Å². The van der Waals surface area contributed by atoms with Gasteiger partial charge >= 0.3 is 0 Å². The lowest BCUT2D eigenvalue weighted by molar-refractivity contribution is -0.0977. The molecule has 3 rings (SSSR count). The summed E-state index contributed by atoms with van der Waals surface area (Å²) >= 11 is 0. The van der Waals surface area contributed by atoms with E-state index in [1.165, 1.54) is 5.56 Å². The maximum absolute atomic E-state index is 10.5. The van der Waals surface area contributed by atoms with Crippen LogP contribution in [0.5, 0.6) is 0 Å². The van der Waals surface area contributed by atoms with Crippen molar-refractivity contribution in [1.82, 2.24) is 4.90 Å². The Morgan fingerprint density at radius 3 is 2.32 bits per heavy atom. The van der Waals surface area contributed by atoms with Crippen molar-refractivity contribution in [3.63, 3.8) is 0 Å². The van der Waals surface area contributed by atoms with Crippen LogP contribution < -0.4 is 0 Å². The Morgan fingerprint density at radius 1 is 1.04 bits per heavy atom. The number of fused-ring (bicyclic) bond motifs is 2. The van der Waals surface area contributed by atoms with Crippen LogP contribution in [0.25, 0.3) is 0 Å². The zero-order valence-electron chi connectivity index (χ0n) is 16.5. The van der Waals surface area contributed by atoms with Crippen molar-refractivity contribution < 1.29 is 9.53 Å². The summed E-state index contributed by atoms with van der Waals surface area (Å²) in [6.07, 6.45) is 4.22. The van der Waals surface area contributed by atoms with Gasteiger partial charge in [0.25, 0.3) is 0 Å². The fourth-order valence-electron chi connectivity index (χ4n) is 4.17. The van der Waals surface area contributed by atoms with Crippen molar-refractivity contribution in [1.29, 1.82) is 0 Å². The number of aliphatic hydroxyl groups excluding tert-OH is 1. The number of benzene rings is 1. The van der Waals surface area contributed by atoms with Gasteiger partial charge in [0.2, 0.25) is 0 Å². The molecule has 3 nitrogen and oxygen atoms in total. The van der Waals surface area contributed by atoms with Crippen LogP contribution in [-0.2, 0) is 11.0 Å². The molecule has 4 atom stereocenters. The van der Waals surface area contributed by atoms with Gasteiger partial charge in [-0.3, -0.25) is 4.90 Å². The minimum absolute atomic E-state index is 0.186. The molecule has 0 unspecified atom stereocenters. The number of aliphatic hydroxyl groups is 1. The highest BCUT2D eigenvalue weighted by Gasteiger charge is 2.47. The predicted octanol–water partition coefficient (Wildman–Crippen LogP) is 4.56. The van der Waals surface area contributed by atoms with E-state index in [9.17, 15) is 5.11 Å².